The van der Waals surface area contributed by atoms with Crippen LogP contribution in [0, 0.1) is 0 Å². The molecule has 2 rings (SSSR count). The van der Waals surface area contributed by atoms with Gasteiger partial charge in [0.1, 0.15) is 5.54 Å². The number of nitrogens with one attached hydrogen (secondary N) is 1. The fraction of sp³-hybridized carbons (Fsp3) is 0.778. The summed E-state index contributed by atoms with van der Waals surface area (Å²) in [4.78, 5) is 24.3. The SMILES string of the molecule is O=C1NCCN1C1(C(=O)O)CCOCC1. The molecular formula is C9H14N2O4. The standard InChI is InChI=1S/C9H14N2O4/c12-7(13)9(1-5-15-6-2-9)11-4-3-10-8(11)14/h1-6H2,(H,10,14)(H,12,13). The van der Waals surface area contributed by atoms with Crippen molar-refractivity contribution in [2.75, 3.05) is 26.3 Å². The van der Waals surface area contributed by atoms with Gasteiger partial charge in [-0.25, -0.2) is 9.59 Å². The Balaban J connectivity index is 2.24. The van der Waals surface area contributed by atoms with Crippen molar-refractivity contribution in [3.8, 4) is 0 Å². The molecule has 2 N–H and O–H groups in total. The van der Waals surface area contributed by atoms with E-state index in [9.17, 15) is 14.7 Å². The van der Waals surface area contributed by atoms with Crippen molar-refractivity contribution < 1.29 is 19.4 Å². The first kappa shape index (κ1) is 10.2. The molecule has 0 unspecified atom stereocenters. The van der Waals surface area contributed by atoms with Gasteiger partial charge in [-0.05, 0) is 0 Å². The summed E-state index contributed by atoms with van der Waals surface area (Å²) in [6.45, 7) is 1.78. The van der Waals surface area contributed by atoms with Gasteiger partial charge in [0.05, 0.1) is 0 Å². The summed E-state index contributed by atoms with van der Waals surface area (Å²) in [5, 5.41) is 11.9. The lowest BCUT2D eigenvalue weighted by Crippen LogP contribution is -2.58. The van der Waals surface area contributed by atoms with E-state index in [0.29, 0.717) is 39.1 Å². The van der Waals surface area contributed by atoms with Crippen molar-refractivity contribution in [2.24, 2.45) is 0 Å². The van der Waals surface area contributed by atoms with E-state index in [4.69, 9.17) is 4.74 Å². The third-order valence-electron chi connectivity index (χ3n) is 3.09. The van der Waals surface area contributed by atoms with Crippen LogP contribution in [-0.2, 0) is 9.53 Å². The first-order chi connectivity index (χ1) is 7.17. The predicted molar refractivity (Wildman–Crippen MR) is 50.5 cm³/mol. The highest BCUT2D eigenvalue weighted by Crippen LogP contribution is 2.29. The van der Waals surface area contributed by atoms with E-state index in [-0.39, 0.29) is 6.03 Å². The van der Waals surface area contributed by atoms with Crippen molar-refractivity contribution in [1.82, 2.24) is 10.2 Å². The first-order valence-corrected chi connectivity index (χ1v) is 5.03. The van der Waals surface area contributed by atoms with E-state index >= 15 is 0 Å². The lowest BCUT2D eigenvalue weighted by atomic mass is 9.88. The van der Waals surface area contributed by atoms with E-state index in [2.05, 4.69) is 5.32 Å². The fourth-order valence-corrected chi connectivity index (χ4v) is 2.19. The van der Waals surface area contributed by atoms with Crippen LogP contribution in [0.1, 0.15) is 12.8 Å². The lowest BCUT2D eigenvalue weighted by molar-refractivity contribution is -0.155. The summed E-state index contributed by atoms with van der Waals surface area (Å²) in [6.07, 6.45) is 0.742. The highest BCUT2D eigenvalue weighted by Gasteiger charge is 2.49. The molecule has 0 bridgehead atoms. The van der Waals surface area contributed by atoms with Gasteiger partial charge < -0.3 is 20.1 Å². The molecule has 2 heterocycles. The van der Waals surface area contributed by atoms with E-state index in [1.807, 2.05) is 0 Å². The van der Waals surface area contributed by atoms with Gasteiger partial charge in [0.2, 0.25) is 0 Å². The maximum absolute atomic E-state index is 11.5. The normalized spacial score (nSPS) is 25.1. The van der Waals surface area contributed by atoms with Gasteiger partial charge in [0, 0.05) is 39.1 Å². The predicted octanol–water partition coefficient (Wildman–Crippen LogP) is -0.355. The molecule has 6 heteroatoms. The van der Waals surface area contributed by atoms with Gasteiger partial charge in [-0.1, -0.05) is 0 Å². The van der Waals surface area contributed by atoms with Crippen LogP contribution in [-0.4, -0.2) is 53.8 Å². The second-order valence-corrected chi connectivity index (χ2v) is 3.83. The summed E-state index contributed by atoms with van der Waals surface area (Å²) in [7, 11) is 0. The molecule has 0 atom stereocenters. The monoisotopic (exact) mass is 214 g/mol. The van der Waals surface area contributed by atoms with Crippen molar-refractivity contribution in [3.63, 3.8) is 0 Å². The summed E-state index contributed by atoms with van der Waals surface area (Å²) in [5.74, 6) is -0.928. The molecule has 0 spiro atoms. The number of ether oxygens (including phenoxy) is 1. The van der Waals surface area contributed by atoms with Crippen LogP contribution in [0.3, 0.4) is 0 Å². The number of urea groups is 1. The molecule has 0 saturated carbocycles. The minimum absolute atomic E-state index is 0.278. The molecule has 0 aliphatic carbocycles. The molecule has 0 radical (unpaired) electrons. The Hall–Kier alpha value is -1.30. The van der Waals surface area contributed by atoms with Gasteiger partial charge in [0.25, 0.3) is 0 Å². The number of carbonyl (C=O) groups excluding carboxylic acids is 1. The van der Waals surface area contributed by atoms with Crippen LogP contribution in [0.5, 0.6) is 0 Å². The Labute approximate surface area is 87.2 Å². The van der Waals surface area contributed by atoms with Crippen LogP contribution in [0.15, 0.2) is 0 Å². The number of carboxylic acids is 1. The molecule has 6 nitrogen and oxygen atoms in total. The van der Waals surface area contributed by atoms with Crippen molar-refractivity contribution in [1.29, 1.82) is 0 Å². The number of hydrogen-bond acceptors (Lipinski definition) is 3. The Morgan fingerprint density at radius 3 is 2.60 bits per heavy atom. The van der Waals surface area contributed by atoms with Crippen LogP contribution >= 0.6 is 0 Å². The highest BCUT2D eigenvalue weighted by molar-refractivity contribution is 5.87. The van der Waals surface area contributed by atoms with E-state index in [0.717, 1.165) is 0 Å². The fourth-order valence-electron chi connectivity index (χ4n) is 2.19. The zero-order chi connectivity index (χ0) is 10.9. The Kier molecular flexibility index (Phi) is 2.52. The van der Waals surface area contributed by atoms with E-state index in [1.54, 1.807) is 0 Å². The van der Waals surface area contributed by atoms with E-state index < -0.39 is 11.5 Å². The molecule has 2 aliphatic heterocycles. The summed E-state index contributed by atoms with van der Waals surface area (Å²) < 4.78 is 5.15. The minimum Gasteiger partial charge on any atom is -0.479 e. The van der Waals surface area contributed by atoms with Crippen molar-refractivity contribution in [2.45, 2.75) is 18.4 Å². The number of aliphatic carboxylic acids is 1. The summed E-state index contributed by atoms with van der Waals surface area (Å²) in [5.41, 5.74) is -1.06. The maximum atomic E-state index is 11.5. The number of carbonyl (C=O) groups is 2. The van der Waals surface area contributed by atoms with Gasteiger partial charge in [-0.2, -0.15) is 0 Å². The molecule has 0 aromatic rings. The third-order valence-corrected chi connectivity index (χ3v) is 3.09. The second kappa shape index (κ2) is 3.69. The minimum atomic E-state index is -1.06. The summed E-state index contributed by atoms with van der Waals surface area (Å²) in [6, 6.07) is -0.278. The van der Waals surface area contributed by atoms with Gasteiger partial charge in [0.15, 0.2) is 0 Å². The molecular weight excluding hydrogens is 200 g/mol. The van der Waals surface area contributed by atoms with Gasteiger partial charge >= 0.3 is 12.0 Å². The zero-order valence-electron chi connectivity index (χ0n) is 8.36. The second-order valence-electron chi connectivity index (χ2n) is 3.83. The van der Waals surface area contributed by atoms with Crippen LogP contribution in [0.4, 0.5) is 4.79 Å². The average molecular weight is 214 g/mol. The Morgan fingerprint density at radius 1 is 1.47 bits per heavy atom. The van der Waals surface area contributed by atoms with Gasteiger partial charge in [-0.3, -0.25) is 0 Å². The quantitative estimate of drug-likeness (QED) is 0.658. The molecule has 2 saturated heterocycles. The first-order valence-electron chi connectivity index (χ1n) is 5.03. The van der Waals surface area contributed by atoms with Crippen LogP contribution in [0.2, 0.25) is 0 Å². The number of hydrogen-bond donors (Lipinski definition) is 2. The van der Waals surface area contributed by atoms with Crippen molar-refractivity contribution >= 4 is 12.0 Å². The molecule has 0 aromatic heterocycles. The van der Waals surface area contributed by atoms with Crippen LogP contribution < -0.4 is 5.32 Å². The van der Waals surface area contributed by atoms with E-state index in [1.165, 1.54) is 4.90 Å². The Morgan fingerprint density at radius 2 is 2.13 bits per heavy atom. The highest BCUT2D eigenvalue weighted by atomic mass is 16.5. The smallest absolute Gasteiger partial charge is 0.329 e. The lowest BCUT2D eigenvalue weighted by Gasteiger charge is -2.39. The number of rotatable bonds is 2. The number of carboxylic acid groups (broad SMARTS) is 1. The molecule has 84 valence electrons. The topological polar surface area (TPSA) is 78.9 Å². The molecule has 2 aliphatic rings. The number of nitrogens with zero attached hydrogens (tertiary/aromatic N) is 1. The van der Waals surface area contributed by atoms with Crippen LogP contribution in [0.25, 0.3) is 0 Å². The average Bonchev–Trinajstić information content (AvgIpc) is 2.66. The maximum Gasteiger partial charge on any atom is 0.329 e. The molecule has 0 aromatic carbocycles. The molecule has 2 amide bonds. The third kappa shape index (κ3) is 1.54. The Bertz CT molecular complexity index is 286. The van der Waals surface area contributed by atoms with Crippen molar-refractivity contribution in [3.05, 3.63) is 0 Å². The number of amides is 2. The largest absolute Gasteiger partial charge is 0.479 e. The summed E-state index contributed by atoms with van der Waals surface area (Å²) >= 11 is 0. The molecule has 2 fully saturated rings. The van der Waals surface area contributed by atoms with Gasteiger partial charge in [-0.15, -0.1) is 0 Å². The molecule has 15 heavy (non-hydrogen) atoms. The zero-order valence-corrected chi connectivity index (χ0v) is 8.36.